The van der Waals surface area contributed by atoms with E-state index in [9.17, 15) is 12.8 Å². The van der Waals surface area contributed by atoms with E-state index in [2.05, 4.69) is 4.72 Å². The molecule has 1 atom stereocenters. The minimum Gasteiger partial charge on any atom is -0.329 e. The first-order valence-corrected chi connectivity index (χ1v) is 7.79. The molecule has 0 spiro atoms. The van der Waals surface area contributed by atoms with Crippen LogP contribution in [0.3, 0.4) is 0 Å². The van der Waals surface area contributed by atoms with Gasteiger partial charge in [0.05, 0.1) is 4.90 Å². The minimum atomic E-state index is -3.67. The third kappa shape index (κ3) is 3.99. The largest absolute Gasteiger partial charge is 0.329 e. The molecule has 1 rings (SSSR count). The average molecular weight is 288 g/mol. The molecule has 0 fully saturated rings. The zero-order valence-electron chi connectivity index (χ0n) is 11.5. The summed E-state index contributed by atoms with van der Waals surface area (Å²) in [6.45, 7) is 5.38. The van der Waals surface area contributed by atoms with E-state index in [4.69, 9.17) is 5.73 Å². The topological polar surface area (TPSA) is 72.2 Å². The second-order valence-electron chi connectivity index (χ2n) is 4.71. The van der Waals surface area contributed by atoms with E-state index in [1.807, 2.05) is 6.92 Å². The van der Waals surface area contributed by atoms with E-state index < -0.39 is 15.8 Å². The summed E-state index contributed by atoms with van der Waals surface area (Å²) in [4.78, 5) is 0.142. The van der Waals surface area contributed by atoms with Gasteiger partial charge in [0.25, 0.3) is 0 Å². The van der Waals surface area contributed by atoms with Crippen molar-refractivity contribution in [1.29, 1.82) is 0 Å². The molecule has 0 aliphatic heterocycles. The lowest BCUT2D eigenvalue weighted by Crippen LogP contribution is -2.40. The summed E-state index contributed by atoms with van der Waals surface area (Å²) in [5, 5.41) is 0. The predicted molar refractivity (Wildman–Crippen MR) is 73.9 cm³/mol. The van der Waals surface area contributed by atoms with Gasteiger partial charge in [-0.1, -0.05) is 13.3 Å². The Hall–Kier alpha value is -0.980. The molecule has 1 aromatic carbocycles. The van der Waals surface area contributed by atoms with Crippen molar-refractivity contribution >= 4 is 10.0 Å². The van der Waals surface area contributed by atoms with Crippen LogP contribution in [0.1, 0.15) is 30.9 Å². The first kappa shape index (κ1) is 16.1. The van der Waals surface area contributed by atoms with Gasteiger partial charge in [-0.25, -0.2) is 17.5 Å². The average Bonchev–Trinajstić information content (AvgIpc) is 2.25. The third-order valence-corrected chi connectivity index (χ3v) is 4.76. The van der Waals surface area contributed by atoms with Crippen LogP contribution in [0.15, 0.2) is 17.0 Å². The van der Waals surface area contributed by atoms with Crippen LogP contribution >= 0.6 is 0 Å². The van der Waals surface area contributed by atoms with Crippen molar-refractivity contribution in [2.45, 2.75) is 44.6 Å². The van der Waals surface area contributed by atoms with E-state index >= 15 is 0 Å². The summed E-state index contributed by atoms with van der Waals surface area (Å²) >= 11 is 0. The van der Waals surface area contributed by atoms with Crippen LogP contribution in [0, 0.1) is 19.7 Å². The Morgan fingerprint density at radius 2 is 1.84 bits per heavy atom. The van der Waals surface area contributed by atoms with Crippen LogP contribution in [0.4, 0.5) is 4.39 Å². The maximum Gasteiger partial charge on any atom is 0.241 e. The number of hydrogen-bond acceptors (Lipinski definition) is 3. The second kappa shape index (κ2) is 6.45. The standard InChI is InChI=1S/C13H21FN2O2S/c1-4-5-12(8-15)16-19(17,18)13-9(2)6-11(14)7-10(13)3/h6-7,12,16H,4-5,8,15H2,1-3H3. The molecule has 0 aliphatic rings. The van der Waals surface area contributed by atoms with Gasteiger partial charge < -0.3 is 5.73 Å². The Labute approximate surface area is 114 Å². The van der Waals surface area contributed by atoms with Crippen LogP contribution in [-0.4, -0.2) is 21.0 Å². The van der Waals surface area contributed by atoms with Gasteiger partial charge in [0.15, 0.2) is 0 Å². The van der Waals surface area contributed by atoms with Gasteiger partial charge in [-0.2, -0.15) is 0 Å². The first-order chi connectivity index (χ1) is 8.81. The Balaban J connectivity index is 3.14. The summed E-state index contributed by atoms with van der Waals surface area (Å²) in [5.41, 5.74) is 6.36. The van der Waals surface area contributed by atoms with E-state index in [0.717, 1.165) is 6.42 Å². The zero-order chi connectivity index (χ0) is 14.6. The van der Waals surface area contributed by atoms with Crippen LogP contribution in [0.25, 0.3) is 0 Å². The number of rotatable bonds is 6. The highest BCUT2D eigenvalue weighted by Gasteiger charge is 2.23. The van der Waals surface area contributed by atoms with Crippen molar-refractivity contribution in [3.63, 3.8) is 0 Å². The van der Waals surface area contributed by atoms with E-state index in [-0.39, 0.29) is 17.5 Å². The number of nitrogens with one attached hydrogen (secondary N) is 1. The highest BCUT2D eigenvalue weighted by molar-refractivity contribution is 7.89. The number of halogens is 1. The monoisotopic (exact) mass is 288 g/mol. The highest BCUT2D eigenvalue weighted by atomic mass is 32.2. The van der Waals surface area contributed by atoms with Gasteiger partial charge >= 0.3 is 0 Å². The lowest BCUT2D eigenvalue weighted by molar-refractivity contribution is 0.526. The molecule has 0 aliphatic carbocycles. The molecule has 1 aromatic rings. The van der Waals surface area contributed by atoms with Crippen molar-refractivity contribution in [1.82, 2.24) is 4.72 Å². The number of aryl methyl sites for hydroxylation is 2. The maximum absolute atomic E-state index is 13.2. The SMILES string of the molecule is CCCC(CN)NS(=O)(=O)c1c(C)cc(F)cc1C. The van der Waals surface area contributed by atoms with Crippen molar-refractivity contribution in [2.24, 2.45) is 5.73 Å². The van der Waals surface area contributed by atoms with Gasteiger partial charge in [-0.15, -0.1) is 0 Å². The number of hydrogen-bond donors (Lipinski definition) is 2. The Kier molecular flexibility index (Phi) is 5.46. The van der Waals surface area contributed by atoms with Crippen molar-refractivity contribution in [2.75, 3.05) is 6.54 Å². The summed E-state index contributed by atoms with van der Waals surface area (Å²) in [6.07, 6.45) is 1.51. The van der Waals surface area contributed by atoms with Gasteiger partial charge in [0, 0.05) is 12.6 Å². The van der Waals surface area contributed by atoms with E-state index in [1.54, 1.807) is 13.8 Å². The smallest absolute Gasteiger partial charge is 0.241 e. The van der Waals surface area contributed by atoms with Crippen LogP contribution in [0.5, 0.6) is 0 Å². The first-order valence-electron chi connectivity index (χ1n) is 6.31. The summed E-state index contributed by atoms with van der Waals surface area (Å²) in [7, 11) is -3.67. The quantitative estimate of drug-likeness (QED) is 0.839. The molecular formula is C13H21FN2O2S. The highest BCUT2D eigenvalue weighted by Crippen LogP contribution is 2.21. The molecule has 6 heteroatoms. The molecule has 4 nitrogen and oxygen atoms in total. The molecular weight excluding hydrogens is 267 g/mol. The summed E-state index contributed by atoms with van der Waals surface area (Å²) in [5.74, 6) is -0.433. The Morgan fingerprint density at radius 3 is 2.26 bits per heavy atom. The summed E-state index contributed by atoms with van der Waals surface area (Å²) in [6, 6.07) is 2.15. The number of benzene rings is 1. The summed E-state index contributed by atoms with van der Waals surface area (Å²) < 4.78 is 40.5. The molecule has 19 heavy (non-hydrogen) atoms. The Morgan fingerprint density at radius 1 is 1.32 bits per heavy atom. The van der Waals surface area contributed by atoms with Crippen molar-refractivity contribution < 1.29 is 12.8 Å². The lowest BCUT2D eigenvalue weighted by Gasteiger charge is -2.18. The molecule has 0 aromatic heterocycles. The Bertz CT molecular complexity index is 521. The molecule has 0 saturated carbocycles. The lowest BCUT2D eigenvalue weighted by atomic mass is 10.1. The fraction of sp³-hybridized carbons (Fsp3) is 0.538. The van der Waals surface area contributed by atoms with Gasteiger partial charge in [-0.05, 0) is 43.5 Å². The molecule has 108 valence electrons. The fourth-order valence-corrected chi connectivity index (χ4v) is 3.91. The molecule has 0 bridgehead atoms. The van der Waals surface area contributed by atoms with Crippen molar-refractivity contribution in [3.8, 4) is 0 Å². The van der Waals surface area contributed by atoms with E-state index in [1.165, 1.54) is 12.1 Å². The fourth-order valence-electron chi connectivity index (χ4n) is 2.17. The van der Waals surface area contributed by atoms with Crippen LogP contribution in [0.2, 0.25) is 0 Å². The minimum absolute atomic E-state index is 0.142. The number of sulfonamides is 1. The molecule has 0 heterocycles. The maximum atomic E-state index is 13.2. The zero-order valence-corrected chi connectivity index (χ0v) is 12.3. The molecule has 1 unspecified atom stereocenters. The molecule has 0 saturated heterocycles. The molecule has 0 amide bonds. The second-order valence-corrected chi connectivity index (χ2v) is 6.36. The van der Waals surface area contributed by atoms with Crippen LogP contribution in [-0.2, 0) is 10.0 Å². The normalized spacial score (nSPS) is 13.5. The third-order valence-electron chi connectivity index (χ3n) is 2.94. The van der Waals surface area contributed by atoms with E-state index in [0.29, 0.717) is 17.5 Å². The van der Waals surface area contributed by atoms with Crippen molar-refractivity contribution in [3.05, 3.63) is 29.1 Å². The molecule has 0 radical (unpaired) electrons. The van der Waals surface area contributed by atoms with Crippen LogP contribution < -0.4 is 10.5 Å². The van der Waals surface area contributed by atoms with Gasteiger partial charge in [0.2, 0.25) is 10.0 Å². The predicted octanol–water partition coefficient (Wildman–Crippen LogP) is 1.85. The van der Waals surface area contributed by atoms with Gasteiger partial charge in [-0.3, -0.25) is 0 Å². The van der Waals surface area contributed by atoms with Gasteiger partial charge in [0.1, 0.15) is 5.82 Å². The number of nitrogens with two attached hydrogens (primary N) is 1. The molecule has 3 N–H and O–H groups in total.